The lowest BCUT2D eigenvalue weighted by molar-refractivity contribution is -0.118. The zero-order valence-corrected chi connectivity index (χ0v) is 20.7. The van der Waals surface area contributed by atoms with Gasteiger partial charge < -0.3 is 20.0 Å². The number of carbonyl (C=O) groups is 1. The van der Waals surface area contributed by atoms with E-state index < -0.39 is 38.4 Å². The predicted octanol–water partition coefficient (Wildman–Crippen LogP) is 1.32. The van der Waals surface area contributed by atoms with E-state index in [9.17, 15) is 14.7 Å². The molecule has 4 atom stereocenters. The number of nitrogens with two attached hydrogens (primary N) is 1. The molecule has 1 fully saturated rings. The third-order valence-corrected chi connectivity index (χ3v) is 10.8. The molecule has 0 aliphatic carbocycles. The van der Waals surface area contributed by atoms with E-state index in [1.165, 1.54) is 6.33 Å². The van der Waals surface area contributed by atoms with Crippen LogP contribution in [0.2, 0.25) is 18.1 Å². The number of fused-ring (bicyclic) bond motifs is 1. The van der Waals surface area contributed by atoms with Gasteiger partial charge in [0, 0.05) is 5.92 Å². The Morgan fingerprint density at radius 1 is 1.44 bits per heavy atom. The number of ether oxygens (including phenoxy) is 1. The molecule has 178 valence electrons. The smallest absolute Gasteiger partial charge is 0.280 e. The van der Waals surface area contributed by atoms with Gasteiger partial charge in [-0.3, -0.25) is 24.5 Å². The van der Waals surface area contributed by atoms with Crippen LogP contribution in [0.3, 0.4) is 0 Å². The van der Waals surface area contributed by atoms with Crippen LogP contribution in [-0.2, 0) is 14.0 Å². The van der Waals surface area contributed by atoms with Crippen LogP contribution in [0.4, 0.5) is 5.95 Å². The van der Waals surface area contributed by atoms with Crippen molar-refractivity contribution in [2.45, 2.75) is 77.2 Å². The minimum atomic E-state index is -2.25. The number of nitrogens with zero attached hydrogens (tertiary/aromatic N) is 3. The first-order chi connectivity index (χ1) is 14.8. The summed E-state index contributed by atoms with van der Waals surface area (Å²) >= 11 is 0. The van der Waals surface area contributed by atoms with Gasteiger partial charge in [-0.05, 0) is 18.1 Å². The fraction of sp³-hybridized carbons (Fsp3) is 0.700. The average Bonchev–Trinajstić information content (AvgIpc) is 3.22. The van der Waals surface area contributed by atoms with Gasteiger partial charge in [0.25, 0.3) is 5.56 Å². The van der Waals surface area contributed by atoms with Gasteiger partial charge in [-0.25, -0.2) is 4.98 Å². The molecule has 1 aliphatic rings. The molecule has 0 saturated carbocycles. The van der Waals surface area contributed by atoms with Crippen LogP contribution in [0.15, 0.2) is 11.1 Å². The average molecular weight is 467 g/mol. The minimum absolute atomic E-state index is 0.0193. The largest absolute Gasteiger partial charge is 0.408 e. The van der Waals surface area contributed by atoms with Gasteiger partial charge in [0.15, 0.2) is 25.7 Å². The molecule has 11 nitrogen and oxygen atoms in total. The summed E-state index contributed by atoms with van der Waals surface area (Å²) in [7, 11) is -2.25. The van der Waals surface area contributed by atoms with Crippen LogP contribution in [0.1, 0.15) is 40.8 Å². The lowest BCUT2D eigenvalue weighted by Gasteiger charge is -2.40. The van der Waals surface area contributed by atoms with Crippen molar-refractivity contribution in [3.63, 3.8) is 0 Å². The zero-order chi connectivity index (χ0) is 24.0. The Morgan fingerprint density at radius 3 is 2.66 bits per heavy atom. The molecule has 12 heteroatoms. The minimum Gasteiger partial charge on any atom is -0.408 e. The fourth-order valence-corrected chi connectivity index (χ4v) is 4.53. The van der Waals surface area contributed by atoms with E-state index in [2.05, 4.69) is 54.1 Å². The molecule has 0 spiro atoms. The van der Waals surface area contributed by atoms with E-state index in [4.69, 9.17) is 14.9 Å². The van der Waals surface area contributed by atoms with E-state index in [1.807, 2.05) is 0 Å². The van der Waals surface area contributed by atoms with E-state index in [0.29, 0.717) is 0 Å². The predicted molar refractivity (Wildman–Crippen MR) is 123 cm³/mol. The van der Waals surface area contributed by atoms with Crippen molar-refractivity contribution in [2.75, 3.05) is 11.9 Å². The highest BCUT2D eigenvalue weighted by Crippen LogP contribution is 2.41. The first kappa shape index (κ1) is 24.5. The van der Waals surface area contributed by atoms with Gasteiger partial charge in [0.1, 0.15) is 12.2 Å². The van der Waals surface area contributed by atoms with E-state index >= 15 is 0 Å². The first-order valence-electron chi connectivity index (χ1n) is 10.7. The van der Waals surface area contributed by atoms with Crippen LogP contribution >= 0.6 is 0 Å². The summed E-state index contributed by atoms with van der Waals surface area (Å²) in [4.78, 5) is 35.8. The van der Waals surface area contributed by atoms with Gasteiger partial charge in [0.05, 0.1) is 19.0 Å². The Kier molecular flexibility index (Phi) is 6.64. The monoisotopic (exact) mass is 466 g/mol. The Bertz CT molecular complexity index is 1040. The topological polar surface area (TPSA) is 157 Å². The molecule has 0 aromatic carbocycles. The molecule has 4 unspecified atom stereocenters. The normalized spacial score (nSPS) is 24.4. The number of H-pyrrole nitrogens is 1. The molecular formula is C20H34N6O5Si. The number of aliphatic hydroxyl groups excluding tert-OH is 1. The van der Waals surface area contributed by atoms with Crippen molar-refractivity contribution in [1.29, 1.82) is 0 Å². The Labute approximate surface area is 187 Å². The van der Waals surface area contributed by atoms with Crippen molar-refractivity contribution < 1.29 is 19.1 Å². The van der Waals surface area contributed by atoms with Crippen LogP contribution in [-0.4, -0.2) is 63.7 Å². The number of rotatable bonds is 6. The maximum Gasteiger partial charge on any atom is 0.280 e. The first-order valence-corrected chi connectivity index (χ1v) is 13.6. The number of hydrogen-bond acceptors (Lipinski definition) is 8. The van der Waals surface area contributed by atoms with Crippen molar-refractivity contribution in [3.05, 3.63) is 16.7 Å². The van der Waals surface area contributed by atoms with E-state index in [-0.39, 0.29) is 40.6 Å². The molecule has 1 amide bonds. The maximum absolute atomic E-state index is 12.6. The lowest BCUT2D eigenvalue weighted by atomic mass is 10.1. The summed E-state index contributed by atoms with van der Waals surface area (Å²) in [6.45, 7) is 13.8. The van der Waals surface area contributed by atoms with Crippen molar-refractivity contribution in [3.8, 4) is 0 Å². The molecule has 1 saturated heterocycles. The van der Waals surface area contributed by atoms with Gasteiger partial charge in [-0.2, -0.15) is 4.98 Å². The molecule has 3 heterocycles. The highest BCUT2D eigenvalue weighted by Gasteiger charge is 2.49. The number of aliphatic hydroxyl groups is 1. The third kappa shape index (κ3) is 4.50. The quantitative estimate of drug-likeness (QED) is 0.464. The SMILES string of the molecule is CC(C)C(=O)Nc1nc2c(ncn2C2OC(CO)C(N)C2O[Si](C)(C)C(C)(C)C)c(=O)[nH]1. The van der Waals surface area contributed by atoms with Crippen molar-refractivity contribution in [1.82, 2.24) is 19.5 Å². The van der Waals surface area contributed by atoms with Gasteiger partial charge in [0.2, 0.25) is 11.9 Å². The number of aromatic nitrogens is 4. The number of imidazole rings is 1. The van der Waals surface area contributed by atoms with Crippen LogP contribution in [0, 0.1) is 5.92 Å². The summed E-state index contributed by atoms with van der Waals surface area (Å²) in [5.74, 6) is -0.548. The molecule has 0 bridgehead atoms. The fourth-order valence-electron chi connectivity index (χ4n) is 3.22. The maximum atomic E-state index is 12.6. The number of aromatic amines is 1. The molecule has 2 aromatic heterocycles. The second-order valence-electron chi connectivity index (χ2n) is 10.1. The number of hydrogen-bond donors (Lipinski definition) is 4. The molecular weight excluding hydrogens is 432 g/mol. The Morgan fingerprint density at radius 2 is 2.09 bits per heavy atom. The standard InChI is InChI=1S/C20H34N6O5Si/c1-10(2)16(28)24-19-23-15-13(17(29)25-19)22-9-26(15)18-14(12(21)11(8-27)30-18)31-32(6,7)20(3,4)5/h9-12,14,18,27H,8,21H2,1-7H3,(H2,23,24,25,28,29). The van der Waals surface area contributed by atoms with Gasteiger partial charge in [-0.1, -0.05) is 34.6 Å². The van der Waals surface area contributed by atoms with E-state index in [0.717, 1.165) is 0 Å². The molecule has 3 rings (SSSR count). The number of nitrogens with one attached hydrogen (secondary N) is 2. The van der Waals surface area contributed by atoms with Gasteiger partial charge >= 0.3 is 0 Å². The number of amides is 1. The lowest BCUT2D eigenvalue weighted by Crippen LogP contribution is -2.51. The Hall–Kier alpha value is -2.12. The molecule has 32 heavy (non-hydrogen) atoms. The zero-order valence-electron chi connectivity index (χ0n) is 19.7. The summed E-state index contributed by atoms with van der Waals surface area (Å²) in [6, 6.07) is -0.585. The van der Waals surface area contributed by atoms with Crippen LogP contribution < -0.4 is 16.6 Å². The van der Waals surface area contributed by atoms with E-state index in [1.54, 1.807) is 18.4 Å². The van der Waals surface area contributed by atoms with Gasteiger partial charge in [-0.15, -0.1) is 0 Å². The second kappa shape index (κ2) is 8.67. The Balaban J connectivity index is 2.05. The van der Waals surface area contributed by atoms with Crippen molar-refractivity contribution >= 4 is 31.3 Å². The second-order valence-corrected chi connectivity index (χ2v) is 14.8. The number of anilines is 1. The molecule has 2 aromatic rings. The van der Waals surface area contributed by atoms with Crippen LogP contribution in [0.25, 0.3) is 11.2 Å². The molecule has 5 N–H and O–H groups in total. The highest BCUT2D eigenvalue weighted by molar-refractivity contribution is 6.74. The van der Waals surface area contributed by atoms with Crippen LogP contribution in [0.5, 0.6) is 0 Å². The van der Waals surface area contributed by atoms with Crippen molar-refractivity contribution in [2.24, 2.45) is 11.7 Å². The molecule has 0 radical (unpaired) electrons. The summed E-state index contributed by atoms with van der Waals surface area (Å²) in [6.07, 6.45) is -0.529. The number of carbonyl (C=O) groups excluding carboxylic acids is 1. The molecule has 1 aliphatic heterocycles. The summed E-state index contributed by atoms with van der Waals surface area (Å²) in [5, 5.41) is 12.3. The third-order valence-electron chi connectivity index (χ3n) is 6.29. The summed E-state index contributed by atoms with van der Waals surface area (Å²) in [5.41, 5.74) is 6.26. The summed E-state index contributed by atoms with van der Waals surface area (Å²) < 4.78 is 14.2. The highest BCUT2D eigenvalue weighted by atomic mass is 28.4.